The van der Waals surface area contributed by atoms with Crippen LogP contribution in [0.4, 0.5) is 13.2 Å². The van der Waals surface area contributed by atoms with Crippen LogP contribution in [0.2, 0.25) is 0 Å². The van der Waals surface area contributed by atoms with E-state index in [2.05, 4.69) is 34.8 Å². The summed E-state index contributed by atoms with van der Waals surface area (Å²) in [7, 11) is 0. The molecule has 3 heterocycles. The molecule has 4 rings (SSSR count). The van der Waals surface area contributed by atoms with Crippen LogP contribution in [0.5, 0.6) is 0 Å². The number of allylic oxidation sites excluding steroid dienone is 4. The maximum atomic E-state index is 12.1. The summed E-state index contributed by atoms with van der Waals surface area (Å²) in [5.74, 6) is 0.0617. The molecule has 4 nitrogen and oxygen atoms in total. The maximum absolute atomic E-state index is 12.1. The van der Waals surface area contributed by atoms with Crippen LogP contribution in [0.25, 0.3) is 0 Å². The van der Waals surface area contributed by atoms with Crippen LogP contribution in [0.3, 0.4) is 0 Å². The molecule has 2 unspecified atom stereocenters. The van der Waals surface area contributed by atoms with E-state index in [-0.39, 0.29) is 17.5 Å². The lowest BCUT2D eigenvalue weighted by Crippen LogP contribution is -2.55. The molecule has 0 aromatic carbocycles. The van der Waals surface area contributed by atoms with E-state index in [9.17, 15) is 13.2 Å². The van der Waals surface area contributed by atoms with Crippen LogP contribution < -0.4 is 5.32 Å². The third kappa shape index (κ3) is 6.72. The number of pyridine rings is 1. The summed E-state index contributed by atoms with van der Waals surface area (Å²) in [5, 5.41) is 3.63. The van der Waals surface area contributed by atoms with Gasteiger partial charge >= 0.3 is 6.18 Å². The highest BCUT2D eigenvalue weighted by Crippen LogP contribution is 2.36. The van der Waals surface area contributed by atoms with Crippen molar-refractivity contribution in [3.05, 3.63) is 66.2 Å². The van der Waals surface area contributed by atoms with Crippen molar-refractivity contribution in [3.63, 3.8) is 0 Å². The third-order valence-electron chi connectivity index (χ3n) is 7.12. The summed E-state index contributed by atoms with van der Waals surface area (Å²) in [6.45, 7) is 12.5. The first-order valence-electron chi connectivity index (χ1n) is 12.4. The second-order valence-corrected chi connectivity index (χ2v) is 9.36. The largest absolute Gasteiger partial charge is 0.416 e. The molecule has 0 bridgehead atoms. The van der Waals surface area contributed by atoms with Gasteiger partial charge in [-0.25, -0.2) is 0 Å². The molecular weight excluding hydrogens is 439 g/mol. The van der Waals surface area contributed by atoms with Gasteiger partial charge in [0.1, 0.15) is 0 Å². The van der Waals surface area contributed by atoms with Crippen molar-refractivity contribution in [3.8, 4) is 0 Å². The van der Waals surface area contributed by atoms with E-state index in [0.717, 1.165) is 56.4 Å². The minimum absolute atomic E-state index is 0.0534. The van der Waals surface area contributed by atoms with Crippen LogP contribution in [0.1, 0.15) is 64.1 Å². The van der Waals surface area contributed by atoms with Gasteiger partial charge in [0.25, 0.3) is 0 Å². The monoisotopic (exact) mass is 477 g/mol. The minimum Gasteiger partial charge on any atom is -0.381 e. The Morgan fingerprint density at radius 2 is 1.97 bits per heavy atom. The highest BCUT2D eigenvalue weighted by molar-refractivity contribution is 5.28. The van der Waals surface area contributed by atoms with Gasteiger partial charge in [-0.05, 0) is 76.6 Å². The molecule has 0 amide bonds. The first-order chi connectivity index (χ1) is 16.3. The molecule has 7 heteroatoms. The molecule has 0 saturated carbocycles. The van der Waals surface area contributed by atoms with E-state index < -0.39 is 11.7 Å². The van der Waals surface area contributed by atoms with Gasteiger partial charge < -0.3 is 10.1 Å². The SMILES string of the molecule is C=C(NC(C)c1ccccn1)C1(N2CCCC2)CCOCC1.CCC1C=C(C(F)(F)F)C=CC1. The van der Waals surface area contributed by atoms with Crippen LogP contribution in [-0.2, 0) is 4.74 Å². The highest BCUT2D eigenvalue weighted by atomic mass is 19.4. The van der Waals surface area contributed by atoms with Crippen LogP contribution >= 0.6 is 0 Å². The van der Waals surface area contributed by atoms with Gasteiger partial charge in [-0.3, -0.25) is 9.88 Å². The molecule has 1 aliphatic carbocycles. The summed E-state index contributed by atoms with van der Waals surface area (Å²) in [4.78, 5) is 7.08. The van der Waals surface area contributed by atoms with E-state index in [4.69, 9.17) is 4.74 Å². The number of hydrogen-bond donors (Lipinski definition) is 1. The number of nitrogens with zero attached hydrogens (tertiary/aromatic N) is 2. The van der Waals surface area contributed by atoms with Crippen molar-refractivity contribution in [1.82, 2.24) is 15.2 Å². The molecule has 3 aliphatic rings. The molecule has 0 spiro atoms. The van der Waals surface area contributed by atoms with Gasteiger partial charge in [0.15, 0.2) is 0 Å². The summed E-state index contributed by atoms with van der Waals surface area (Å²) < 4.78 is 42.0. The second-order valence-electron chi connectivity index (χ2n) is 9.36. The highest BCUT2D eigenvalue weighted by Gasteiger charge is 2.42. The van der Waals surface area contributed by atoms with Gasteiger partial charge in [-0.15, -0.1) is 0 Å². The lowest BCUT2D eigenvalue weighted by Gasteiger charge is -2.46. The smallest absolute Gasteiger partial charge is 0.381 e. The predicted octanol–water partition coefficient (Wildman–Crippen LogP) is 6.35. The third-order valence-corrected chi connectivity index (χ3v) is 7.12. The summed E-state index contributed by atoms with van der Waals surface area (Å²) in [5.41, 5.74) is 1.75. The Morgan fingerprint density at radius 1 is 1.26 bits per heavy atom. The average Bonchev–Trinajstić information content (AvgIpc) is 3.40. The standard InChI is InChI=1S/C18H27N3O.C9H11F3/c1-15(17-7-3-4-10-19-17)20-16(2)18(8-13-22-14-9-18)21-11-5-6-12-21;1-2-7-4-3-5-8(6-7)9(10,11)12/h3-4,7,10,15,20H,2,5-6,8-9,11-14H2,1H3;3,5-7H,2,4H2,1H3. The Kier molecular flexibility index (Phi) is 9.37. The Balaban J connectivity index is 0.000000229. The van der Waals surface area contributed by atoms with E-state index >= 15 is 0 Å². The second kappa shape index (κ2) is 12.0. The maximum Gasteiger partial charge on any atom is 0.416 e. The van der Waals surface area contributed by atoms with Gasteiger partial charge in [-0.2, -0.15) is 13.2 Å². The molecule has 34 heavy (non-hydrogen) atoms. The van der Waals surface area contributed by atoms with Crippen molar-refractivity contribution in [1.29, 1.82) is 0 Å². The molecule has 1 N–H and O–H groups in total. The molecule has 2 aliphatic heterocycles. The molecule has 0 radical (unpaired) electrons. The first kappa shape index (κ1) is 26.5. The number of rotatable bonds is 6. The quantitative estimate of drug-likeness (QED) is 0.518. The zero-order valence-electron chi connectivity index (χ0n) is 20.4. The zero-order chi connectivity index (χ0) is 24.6. The number of likely N-dealkylation sites (tertiary alicyclic amines) is 1. The van der Waals surface area contributed by atoms with Crippen molar-refractivity contribution in [2.75, 3.05) is 26.3 Å². The number of nitrogens with one attached hydrogen (secondary N) is 1. The normalized spacial score (nSPS) is 23.4. The fraction of sp³-hybridized carbons (Fsp3) is 0.593. The van der Waals surface area contributed by atoms with Gasteiger partial charge in [0, 0.05) is 25.1 Å². The number of halogens is 3. The Morgan fingerprint density at radius 3 is 2.56 bits per heavy atom. The molecule has 1 aromatic heterocycles. The fourth-order valence-corrected chi connectivity index (χ4v) is 4.99. The Bertz CT molecular complexity index is 838. The lowest BCUT2D eigenvalue weighted by molar-refractivity contribution is -0.0889. The predicted molar refractivity (Wildman–Crippen MR) is 130 cm³/mol. The van der Waals surface area contributed by atoms with Crippen molar-refractivity contribution >= 4 is 0 Å². The van der Waals surface area contributed by atoms with E-state index in [1.165, 1.54) is 32.0 Å². The zero-order valence-corrected chi connectivity index (χ0v) is 20.4. The average molecular weight is 478 g/mol. The van der Waals surface area contributed by atoms with Crippen molar-refractivity contribution < 1.29 is 17.9 Å². The molecule has 2 saturated heterocycles. The molecule has 188 valence electrons. The minimum atomic E-state index is -4.18. The Hall–Kier alpha value is -2.12. The van der Waals surface area contributed by atoms with Crippen LogP contribution in [-0.4, -0.2) is 47.9 Å². The van der Waals surface area contributed by atoms with Gasteiger partial charge in [0.05, 0.1) is 22.8 Å². The molecule has 2 fully saturated rings. The van der Waals surface area contributed by atoms with Crippen molar-refractivity contribution in [2.45, 2.75) is 70.1 Å². The summed E-state index contributed by atoms with van der Waals surface area (Å²) >= 11 is 0. The van der Waals surface area contributed by atoms with Gasteiger partial charge in [0.2, 0.25) is 0 Å². The van der Waals surface area contributed by atoms with Crippen molar-refractivity contribution in [2.24, 2.45) is 5.92 Å². The van der Waals surface area contributed by atoms with E-state index in [1.807, 2.05) is 25.3 Å². The molecule has 2 atom stereocenters. The Labute approximate surface area is 202 Å². The first-order valence-corrected chi connectivity index (χ1v) is 12.4. The number of aromatic nitrogens is 1. The van der Waals surface area contributed by atoms with Gasteiger partial charge in [-0.1, -0.05) is 37.8 Å². The lowest BCUT2D eigenvalue weighted by atomic mass is 9.84. The van der Waals surface area contributed by atoms with Crippen LogP contribution in [0.15, 0.2) is 60.5 Å². The molecular formula is C27H38F3N3O. The fourth-order valence-electron chi connectivity index (χ4n) is 4.99. The van der Waals surface area contributed by atoms with Crippen LogP contribution in [0, 0.1) is 5.92 Å². The summed E-state index contributed by atoms with van der Waals surface area (Å²) in [6, 6.07) is 6.23. The molecule has 1 aromatic rings. The van der Waals surface area contributed by atoms with E-state index in [0.29, 0.717) is 0 Å². The summed E-state index contributed by atoms with van der Waals surface area (Å²) in [6.07, 6.45) is 7.91. The topological polar surface area (TPSA) is 37.4 Å². The number of hydrogen-bond acceptors (Lipinski definition) is 4. The number of alkyl halides is 3. The van der Waals surface area contributed by atoms with E-state index in [1.54, 1.807) is 6.08 Å². The number of ether oxygens (including phenoxy) is 1.